The van der Waals surface area contributed by atoms with Gasteiger partial charge < -0.3 is 4.90 Å². The molecule has 0 spiro atoms. The van der Waals surface area contributed by atoms with Crippen LogP contribution < -0.4 is 10.0 Å². The monoisotopic (exact) mass is 645 g/mol. The van der Waals surface area contributed by atoms with Crippen LogP contribution in [0, 0.1) is 0 Å². The van der Waals surface area contributed by atoms with Crippen molar-refractivity contribution in [2.24, 2.45) is 0 Å². The second-order valence-electron chi connectivity index (χ2n) is 10.3. The summed E-state index contributed by atoms with van der Waals surface area (Å²) in [6.07, 6.45) is 6.03. The highest BCUT2D eigenvalue weighted by Gasteiger charge is 2.21. The molecule has 0 aliphatic carbocycles. The molecule has 0 saturated heterocycles. The predicted molar refractivity (Wildman–Crippen MR) is 179 cm³/mol. The zero-order valence-corrected chi connectivity index (χ0v) is 26.4. The second kappa shape index (κ2) is 14.5. The molecule has 2 aromatic heterocycles. The third-order valence-corrected chi connectivity index (χ3v) is 8.81. The fourth-order valence-electron chi connectivity index (χ4n) is 4.92. The number of benzene rings is 3. The lowest BCUT2D eigenvalue weighted by Gasteiger charge is -2.26. The SMILES string of the molecule is CS(=O)(=O)Nc1ccc(-c2nc(NC(=O)N(CCc3cccnc3)CCC(c3ccccc3)c3ccccc3)sc2Cl)cc1. The Morgan fingerprint density at radius 2 is 1.57 bits per heavy atom. The Morgan fingerprint density at radius 1 is 0.909 bits per heavy atom. The highest BCUT2D eigenvalue weighted by atomic mass is 35.5. The lowest BCUT2D eigenvalue weighted by atomic mass is 9.88. The minimum atomic E-state index is -3.39. The molecule has 226 valence electrons. The molecule has 0 atom stereocenters. The summed E-state index contributed by atoms with van der Waals surface area (Å²) in [5.41, 5.74) is 5.08. The lowest BCUT2D eigenvalue weighted by molar-refractivity contribution is 0.210. The van der Waals surface area contributed by atoms with Gasteiger partial charge in [0.15, 0.2) is 5.13 Å². The maximum Gasteiger partial charge on any atom is 0.323 e. The van der Waals surface area contributed by atoms with Crippen molar-refractivity contribution in [1.29, 1.82) is 0 Å². The quantitative estimate of drug-likeness (QED) is 0.146. The number of carbonyl (C=O) groups excluding carboxylic acids is 1. The molecule has 3 aromatic carbocycles. The van der Waals surface area contributed by atoms with Crippen LogP contribution in [-0.4, -0.2) is 48.7 Å². The topological polar surface area (TPSA) is 104 Å². The Morgan fingerprint density at radius 3 is 2.16 bits per heavy atom. The van der Waals surface area contributed by atoms with Gasteiger partial charge in [0.05, 0.1) is 6.26 Å². The van der Waals surface area contributed by atoms with Gasteiger partial charge in [0.2, 0.25) is 10.0 Å². The fourth-order valence-corrected chi connectivity index (χ4v) is 6.56. The van der Waals surface area contributed by atoms with E-state index in [2.05, 4.69) is 44.3 Å². The largest absolute Gasteiger partial charge is 0.324 e. The zero-order valence-electron chi connectivity index (χ0n) is 24.1. The van der Waals surface area contributed by atoms with Crippen LogP contribution in [0.2, 0.25) is 4.34 Å². The summed E-state index contributed by atoms with van der Waals surface area (Å²) in [5.74, 6) is 0.118. The molecular formula is C33H32ClN5O3S2. The number of hydrogen-bond acceptors (Lipinski definition) is 6. The Kier molecular flexibility index (Phi) is 10.3. The predicted octanol–water partition coefficient (Wildman–Crippen LogP) is 7.53. The van der Waals surface area contributed by atoms with Crippen LogP contribution in [0.25, 0.3) is 11.3 Å². The van der Waals surface area contributed by atoms with Crippen LogP contribution in [0.15, 0.2) is 109 Å². The number of anilines is 2. The van der Waals surface area contributed by atoms with Gasteiger partial charge in [-0.1, -0.05) is 102 Å². The Labute approximate surface area is 266 Å². The van der Waals surface area contributed by atoms with E-state index in [-0.39, 0.29) is 11.9 Å². The molecule has 8 nitrogen and oxygen atoms in total. The number of amides is 2. The minimum Gasteiger partial charge on any atom is -0.324 e. The van der Waals surface area contributed by atoms with Crippen molar-refractivity contribution in [2.75, 3.05) is 29.4 Å². The average molecular weight is 646 g/mol. The number of nitrogens with zero attached hydrogens (tertiary/aromatic N) is 3. The van der Waals surface area contributed by atoms with Gasteiger partial charge in [0, 0.05) is 42.7 Å². The number of aromatic nitrogens is 2. The van der Waals surface area contributed by atoms with E-state index in [1.54, 1.807) is 30.5 Å². The van der Waals surface area contributed by atoms with Crippen LogP contribution in [0.3, 0.4) is 0 Å². The summed E-state index contributed by atoms with van der Waals surface area (Å²) in [7, 11) is -3.39. The van der Waals surface area contributed by atoms with E-state index in [9.17, 15) is 13.2 Å². The normalized spacial score (nSPS) is 11.3. The van der Waals surface area contributed by atoms with Crippen LogP contribution >= 0.6 is 22.9 Å². The molecule has 0 radical (unpaired) electrons. The van der Waals surface area contributed by atoms with Gasteiger partial charge >= 0.3 is 6.03 Å². The van der Waals surface area contributed by atoms with Crippen molar-refractivity contribution in [3.63, 3.8) is 0 Å². The van der Waals surface area contributed by atoms with E-state index >= 15 is 0 Å². The summed E-state index contributed by atoms with van der Waals surface area (Å²) < 4.78 is 25.9. The molecule has 44 heavy (non-hydrogen) atoms. The van der Waals surface area contributed by atoms with Gasteiger partial charge in [-0.3, -0.25) is 15.0 Å². The summed E-state index contributed by atoms with van der Waals surface area (Å²) in [4.78, 5) is 24.3. The molecule has 0 bridgehead atoms. The number of nitrogens with one attached hydrogen (secondary N) is 2. The number of hydrogen-bond donors (Lipinski definition) is 2. The van der Waals surface area contributed by atoms with E-state index in [1.165, 1.54) is 22.5 Å². The molecule has 2 heterocycles. The van der Waals surface area contributed by atoms with Gasteiger partial charge in [-0.25, -0.2) is 18.2 Å². The van der Waals surface area contributed by atoms with Crippen molar-refractivity contribution in [2.45, 2.75) is 18.8 Å². The Bertz CT molecular complexity index is 1730. The van der Waals surface area contributed by atoms with Crippen LogP contribution in [0.1, 0.15) is 29.0 Å². The van der Waals surface area contributed by atoms with E-state index in [4.69, 9.17) is 11.6 Å². The van der Waals surface area contributed by atoms with E-state index < -0.39 is 10.0 Å². The highest BCUT2D eigenvalue weighted by Crippen LogP contribution is 2.36. The minimum absolute atomic E-state index is 0.118. The lowest BCUT2D eigenvalue weighted by Crippen LogP contribution is -2.38. The Balaban J connectivity index is 1.33. The average Bonchev–Trinajstić information content (AvgIpc) is 3.39. The first-order valence-electron chi connectivity index (χ1n) is 14.0. The molecular weight excluding hydrogens is 614 g/mol. The summed E-state index contributed by atoms with van der Waals surface area (Å²) >= 11 is 7.72. The van der Waals surface area contributed by atoms with E-state index in [0.29, 0.717) is 45.9 Å². The van der Waals surface area contributed by atoms with Crippen molar-refractivity contribution >= 4 is 49.8 Å². The maximum absolute atomic E-state index is 13.7. The van der Waals surface area contributed by atoms with Crippen molar-refractivity contribution < 1.29 is 13.2 Å². The number of rotatable bonds is 12. The van der Waals surface area contributed by atoms with Crippen LogP contribution in [-0.2, 0) is 16.4 Å². The number of sulfonamides is 1. The summed E-state index contributed by atoms with van der Waals surface area (Å²) in [6.45, 7) is 1.01. The number of urea groups is 1. The second-order valence-corrected chi connectivity index (χ2v) is 13.6. The molecule has 0 fully saturated rings. The first-order valence-corrected chi connectivity index (χ1v) is 17.1. The summed E-state index contributed by atoms with van der Waals surface area (Å²) in [5, 5.41) is 3.33. The third-order valence-electron chi connectivity index (χ3n) is 7.03. The summed E-state index contributed by atoms with van der Waals surface area (Å²) in [6, 6.07) is 31.0. The number of thiazole rings is 1. The molecule has 2 N–H and O–H groups in total. The molecule has 11 heteroatoms. The van der Waals surface area contributed by atoms with Gasteiger partial charge in [-0.15, -0.1) is 0 Å². The fraction of sp³-hybridized carbons (Fsp3) is 0.182. The Hall–Kier alpha value is -4.25. The van der Waals surface area contributed by atoms with Crippen molar-refractivity contribution in [1.82, 2.24) is 14.9 Å². The standard InChI is InChI=1S/C33H32ClN5O3S2/c1-44(41,42)38-28-16-14-27(15-17-28)30-31(34)43-32(36-30)37-33(40)39(21-18-24-9-8-20-35-23-24)22-19-29(25-10-4-2-5-11-25)26-12-6-3-7-13-26/h2-17,20,23,29,38H,18-19,21-22H2,1H3,(H,36,37,40). The molecule has 5 rings (SSSR count). The number of pyridine rings is 1. The molecule has 0 aliphatic rings. The molecule has 5 aromatic rings. The number of halogens is 1. The van der Waals surface area contributed by atoms with Crippen molar-refractivity contribution in [3.8, 4) is 11.3 Å². The first kappa shape index (κ1) is 31.2. The molecule has 0 aliphatic heterocycles. The van der Waals surface area contributed by atoms with Gasteiger partial charge in [-0.05, 0) is 47.7 Å². The molecule has 0 saturated carbocycles. The zero-order chi connectivity index (χ0) is 30.9. The van der Waals surface area contributed by atoms with Crippen LogP contribution in [0.5, 0.6) is 0 Å². The van der Waals surface area contributed by atoms with E-state index in [0.717, 1.165) is 18.2 Å². The third kappa shape index (κ3) is 8.66. The van der Waals surface area contributed by atoms with Crippen LogP contribution in [0.4, 0.5) is 15.6 Å². The van der Waals surface area contributed by atoms with Gasteiger partial charge in [-0.2, -0.15) is 0 Å². The van der Waals surface area contributed by atoms with Gasteiger partial charge in [0.1, 0.15) is 10.0 Å². The smallest absolute Gasteiger partial charge is 0.323 e. The first-order chi connectivity index (χ1) is 21.2. The maximum atomic E-state index is 13.7. The molecule has 2 amide bonds. The van der Waals surface area contributed by atoms with Gasteiger partial charge in [0.25, 0.3) is 0 Å². The highest BCUT2D eigenvalue weighted by molar-refractivity contribution is 7.92. The molecule has 0 unspecified atom stereocenters. The van der Waals surface area contributed by atoms with E-state index in [1.807, 2.05) is 59.6 Å². The number of carbonyl (C=O) groups is 1. The van der Waals surface area contributed by atoms with Crippen molar-refractivity contribution in [3.05, 3.63) is 130 Å².